The first kappa shape index (κ1) is 9.68. The van der Waals surface area contributed by atoms with Crippen molar-refractivity contribution in [3.63, 3.8) is 0 Å². The molecule has 76 valence electrons. The summed E-state index contributed by atoms with van der Waals surface area (Å²) in [7, 11) is 0. The molecule has 2 rings (SSSR count). The van der Waals surface area contributed by atoms with Gasteiger partial charge in [-0.3, -0.25) is 10.1 Å². The fourth-order valence-electron chi connectivity index (χ4n) is 1.80. The Hall–Kier alpha value is -0.870. The van der Waals surface area contributed by atoms with E-state index in [1.165, 1.54) is 10.4 Å². The van der Waals surface area contributed by atoms with Crippen LogP contribution in [-0.2, 0) is 4.79 Å². The Labute approximate surface area is 86.8 Å². The van der Waals surface area contributed by atoms with E-state index in [0.29, 0.717) is 0 Å². The number of aliphatic carboxylic acids is 1. The Morgan fingerprint density at radius 2 is 2.43 bits per heavy atom. The highest BCUT2D eigenvalue weighted by atomic mass is 32.1. The highest BCUT2D eigenvalue weighted by Crippen LogP contribution is 2.30. The minimum atomic E-state index is -0.735. The third kappa shape index (κ3) is 1.81. The topological polar surface area (TPSA) is 49.3 Å². The van der Waals surface area contributed by atoms with Gasteiger partial charge < -0.3 is 5.11 Å². The maximum atomic E-state index is 10.7. The summed E-state index contributed by atoms with van der Waals surface area (Å²) in [5, 5.41) is 14.1. The fraction of sp³-hybridized carbons (Fsp3) is 0.500. The van der Waals surface area contributed by atoms with Crippen molar-refractivity contribution in [2.24, 2.45) is 0 Å². The van der Waals surface area contributed by atoms with Gasteiger partial charge in [-0.1, -0.05) is 0 Å². The van der Waals surface area contributed by atoms with Crippen LogP contribution in [0.5, 0.6) is 0 Å². The van der Waals surface area contributed by atoms with Crippen molar-refractivity contribution in [3.8, 4) is 0 Å². The Balaban J connectivity index is 2.05. The zero-order valence-corrected chi connectivity index (χ0v) is 8.80. The quantitative estimate of drug-likeness (QED) is 0.786. The van der Waals surface area contributed by atoms with Crippen molar-refractivity contribution in [2.45, 2.75) is 31.8 Å². The Kier molecular flexibility index (Phi) is 2.56. The van der Waals surface area contributed by atoms with Gasteiger partial charge in [-0.05, 0) is 36.8 Å². The average molecular weight is 211 g/mol. The molecule has 0 spiro atoms. The summed E-state index contributed by atoms with van der Waals surface area (Å²) >= 11 is 1.71. The van der Waals surface area contributed by atoms with Crippen LogP contribution in [0.15, 0.2) is 11.4 Å². The smallest absolute Gasteiger partial charge is 0.320 e. The lowest BCUT2D eigenvalue weighted by Gasteiger charge is -2.09. The third-order valence-electron chi connectivity index (χ3n) is 2.54. The number of nitrogens with one attached hydrogen (secondary N) is 1. The van der Waals surface area contributed by atoms with Gasteiger partial charge in [-0.15, -0.1) is 11.3 Å². The van der Waals surface area contributed by atoms with Gasteiger partial charge in [0.25, 0.3) is 0 Å². The SMILES string of the molecule is Cc1csc([C@H]2CC[C@H](C(=O)O)N2)c1. The molecule has 2 heterocycles. The molecule has 1 aromatic heterocycles. The van der Waals surface area contributed by atoms with Crippen molar-refractivity contribution in [3.05, 3.63) is 21.9 Å². The number of carbonyl (C=O) groups is 1. The molecule has 0 unspecified atom stereocenters. The summed E-state index contributed by atoms with van der Waals surface area (Å²) in [4.78, 5) is 12.0. The Morgan fingerprint density at radius 1 is 1.64 bits per heavy atom. The molecule has 0 bridgehead atoms. The van der Waals surface area contributed by atoms with Crippen LogP contribution >= 0.6 is 11.3 Å². The lowest BCUT2D eigenvalue weighted by Crippen LogP contribution is -2.31. The summed E-state index contributed by atoms with van der Waals surface area (Å²) in [5.74, 6) is -0.735. The molecule has 0 radical (unpaired) electrons. The van der Waals surface area contributed by atoms with Crippen LogP contribution in [0.1, 0.15) is 29.3 Å². The number of thiophene rings is 1. The number of rotatable bonds is 2. The maximum absolute atomic E-state index is 10.7. The van der Waals surface area contributed by atoms with Gasteiger partial charge in [-0.25, -0.2) is 0 Å². The second-order valence-corrected chi connectivity index (χ2v) is 4.66. The molecule has 2 atom stereocenters. The predicted octanol–water partition coefficient (Wildman–Crippen LogP) is 1.93. The standard InChI is InChI=1S/C10H13NO2S/c1-6-4-9(14-5-6)7-2-3-8(11-7)10(12)13/h4-5,7-8,11H,2-3H2,1H3,(H,12,13)/t7-,8-/m1/s1. The predicted molar refractivity (Wildman–Crippen MR) is 55.6 cm³/mol. The summed E-state index contributed by atoms with van der Waals surface area (Å²) in [5.41, 5.74) is 1.26. The first-order chi connectivity index (χ1) is 6.66. The molecule has 3 nitrogen and oxygen atoms in total. The summed E-state index contributed by atoms with van der Waals surface area (Å²) in [6.07, 6.45) is 1.66. The molecule has 4 heteroatoms. The lowest BCUT2D eigenvalue weighted by molar-refractivity contribution is -0.139. The van der Waals surface area contributed by atoms with Gasteiger partial charge in [0, 0.05) is 10.9 Å². The monoisotopic (exact) mass is 211 g/mol. The molecule has 1 aliphatic heterocycles. The largest absolute Gasteiger partial charge is 0.480 e. The molecule has 14 heavy (non-hydrogen) atoms. The second-order valence-electron chi connectivity index (χ2n) is 3.71. The maximum Gasteiger partial charge on any atom is 0.320 e. The fourth-order valence-corrected chi connectivity index (χ4v) is 2.79. The van der Waals surface area contributed by atoms with Crippen molar-refractivity contribution in [1.29, 1.82) is 0 Å². The molecule has 1 aliphatic rings. The number of hydrogen-bond donors (Lipinski definition) is 2. The van der Waals surface area contributed by atoms with E-state index < -0.39 is 5.97 Å². The second kappa shape index (κ2) is 3.71. The molecular formula is C10H13NO2S. The minimum absolute atomic E-state index is 0.245. The van der Waals surface area contributed by atoms with Crippen LogP contribution in [0.3, 0.4) is 0 Å². The Morgan fingerprint density at radius 3 is 2.93 bits per heavy atom. The first-order valence-electron chi connectivity index (χ1n) is 4.70. The van der Waals surface area contributed by atoms with Crippen molar-refractivity contribution < 1.29 is 9.90 Å². The van der Waals surface area contributed by atoms with Crippen LogP contribution in [-0.4, -0.2) is 17.1 Å². The number of carboxylic acids is 1. The van der Waals surface area contributed by atoms with Crippen LogP contribution < -0.4 is 5.32 Å². The van der Waals surface area contributed by atoms with E-state index in [1.54, 1.807) is 11.3 Å². The summed E-state index contributed by atoms with van der Waals surface area (Å²) in [6, 6.07) is 2.02. The summed E-state index contributed by atoms with van der Waals surface area (Å²) in [6.45, 7) is 2.06. The molecule has 2 N–H and O–H groups in total. The summed E-state index contributed by atoms with van der Waals surface area (Å²) < 4.78 is 0. The van der Waals surface area contributed by atoms with E-state index in [-0.39, 0.29) is 12.1 Å². The minimum Gasteiger partial charge on any atom is -0.480 e. The van der Waals surface area contributed by atoms with E-state index in [1.807, 2.05) is 0 Å². The van der Waals surface area contributed by atoms with Crippen LogP contribution in [0.4, 0.5) is 0 Å². The Bertz CT molecular complexity index is 348. The van der Waals surface area contributed by atoms with E-state index in [2.05, 4.69) is 23.7 Å². The molecule has 0 saturated carbocycles. The molecule has 1 fully saturated rings. The number of aryl methyl sites for hydroxylation is 1. The van der Waals surface area contributed by atoms with Gasteiger partial charge in [-0.2, -0.15) is 0 Å². The highest BCUT2D eigenvalue weighted by Gasteiger charge is 2.30. The van der Waals surface area contributed by atoms with E-state index in [4.69, 9.17) is 5.11 Å². The normalized spacial score (nSPS) is 26.6. The molecule has 1 aromatic rings. The van der Waals surface area contributed by atoms with Gasteiger partial charge in [0.1, 0.15) is 6.04 Å². The average Bonchev–Trinajstić information content (AvgIpc) is 2.70. The van der Waals surface area contributed by atoms with Gasteiger partial charge in [0.15, 0.2) is 0 Å². The van der Waals surface area contributed by atoms with Crippen LogP contribution in [0.25, 0.3) is 0 Å². The van der Waals surface area contributed by atoms with Crippen LogP contribution in [0.2, 0.25) is 0 Å². The van der Waals surface area contributed by atoms with Gasteiger partial charge in [0.2, 0.25) is 0 Å². The molecule has 1 saturated heterocycles. The zero-order valence-electron chi connectivity index (χ0n) is 7.99. The highest BCUT2D eigenvalue weighted by molar-refractivity contribution is 7.10. The molecule has 0 aliphatic carbocycles. The molecular weight excluding hydrogens is 198 g/mol. The van der Waals surface area contributed by atoms with Crippen molar-refractivity contribution >= 4 is 17.3 Å². The number of hydrogen-bond acceptors (Lipinski definition) is 3. The third-order valence-corrected chi connectivity index (χ3v) is 3.70. The van der Waals surface area contributed by atoms with E-state index in [0.717, 1.165) is 12.8 Å². The van der Waals surface area contributed by atoms with Gasteiger partial charge >= 0.3 is 5.97 Å². The van der Waals surface area contributed by atoms with Gasteiger partial charge in [0.05, 0.1) is 0 Å². The van der Waals surface area contributed by atoms with E-state index in [9.17, 15) is 4.79 Å². The first-order valence-corrected chi connectivity index (χ1v) is 5.58. The van der Waals surface area contributed by atoms with Crippen molar-refractivity contribution in [1.82, 2.24) is 5.32 Å². The molecule has 0 aromatic carbocycles. The number of carboxylic acid groups (broad SMARTS) is 1. The lowest BCUT2D eigenvalue weighted by atomic mass is 10.1. The zero-order chi connectivity index (χ0) is 10.1. The van der Waals surface area contributed by atoms with E-state index >= 15 is 0 Å². The molecule has 0 amide bonds. The van der Waals surface area contributed by atoms with Crippen molar-refractivity contribution in [2.75, 3.05) is 0 Å². The van der Waals surface area contributed by atoms with Crippen LogP contribution in [0, 0.1) is 6.92 Å².